The van der Waals surface area contributed by atoms with Gasteiger partial charge >= 0.3 is 0 Å². The van der Waals surface area contributed by atoms with Gasteiger partial charge in [0.05, 0.1) is 24.3 Å². The van der Waals surface area contributed by atoms with Gasteiger partial charge in [-0.15, -0.1) is 0 Å². The van der Waals surface area contributed by atoms with Crippen molar-refractivity contribution in [3.8, 4) is 0 Å². The Morgan fingerprint density at radius 2 is 2.16 bits per heavy atom. The maximum absolute atomic E-state index is 13.6. The van der Waals surface area contributed by atoms with E-state index >= 15 is 0 Å². The first-order chi connectivity index (χ1) is 12.3. The smallest absolute Gasteiger partial charge is 0.160 e. The van der Waals surface area contributed by atoms with Crippen molar-refractivity contribution in [2.45, 2.75) is 37.8 Å². The molecule has 2 aromatic heterocycles. The fraction of sp³-hybridized carbons (Fsp3) is 0.389. The van der Waals surface area contributed by atoms with Crippen LogP contribution in [0.3, 0.4) is 0 Å². The predicted octanol–water partition coefficient (Wildman–Crippen LogP) is 3.08. The van der Waals surface area contributed by atoms with Crippen LogP contribution in [0.2, 0.25) is 0 Å². The molecule has 1 aromatic carbocycles. The van der Waals surface area contributed by atoms with Crippen molar-refractivity contribution in [2.24, 2.45) is 0 Å². The van der Waals surface area contributed by atoms with Crippen LogP contribution in [0.4, 0.5) is 10.2 Å². The van der Waals surface area contributed by atoms with Gasteiger partial charge in [0.2, 0.25) is 0 Å². The van der Waals surface area contributed by atoms with E-state index in [0.717, 1.165) is 36.1 Å². The topological polar surface area (TPSA) is 75.7 Å². The number of fused-ring (bicyclic) bond motifs is 1. The second-order valence-corrected chi connectivity index (χ2v) is 6.34. The summed E-state index contributed by atoms with van der Waals surface area (Å²) in [5.41, 5.74) is 1.44. The summed E-state index contributed by atoms with van der Waals surface area (Å²) in [5.74, 6) is 0.640. The third-order valence-corrected chi connectivity index (χ3v) is 4.66. The lowest BCUT2D eigenvalue weighted by molar-refractivity contribution is 0.0597. The summed E-state index contributed by atoms with van der Waals surface area (Å²) in [6.45, 7) is 0.539. The van der Waals surface area contributed by atoms with E-state index in [1.807, 2.05) is 12.1 Å². The number of ether oxygens (including phenoxy) is 1. The average Bonchev–Trinajstić information content (AvgIpc) is 3.26. The molecule has 0 spiro atoms. The number of halogens is 1. The molecule has 0 unspecified atom stereocenters. The number of aromatic amines is 1. The lowest BCUT2D eigenvalue weighted by atomic mass is 10.1. The van der Waals surface area contributed by atoms with E-state index in [0.29, 0.717) is 24.6 Å². The number of H-pyrrole nitrogens is 1. The number of hydrogen-bond acceptors (Lipinski definition) is 5. The molecule has 0 saturated heterocycles. The number of benzene rings is 1. The maximum Gasteiger partial charge on any atom is 0.160 e. The summed E-state index contributed by atoms with van der Waals surface area (Å²) < 4.78 is 19.6. The molecule has 3 aromatic rings. The molecule has 0 aliphatic heterocycles. The van der Waals surface area contributed by atoms with Gasteiger partial charge in [0.1, 0.15) is 18.0 Å². The highest BCUT2D eigenvalue weighted by atomic mass is 19.1. The fourth-order valence-electron chi connectivity index (χ4n) is 3.33. The molecule has 4 rings (SSSR count). The average molecular weight is 341 g/mol. The summed E-state index contributed by atoms with van der Waals surface area (Å²) in [4.78, 5) is 8.46. The van der Waals surface area contributed by atoms with Gasteiger partial charge in [-0.05, 0) is 37.3 Å². The monoisotopic (exact) mass is 341 g/mol. The Balaban J connectivity index is 1.28. The van der Waals surface area contributed by atoms with Gasteiger partial charge in [-0.1, -0.05) is 18.2 Å². The fourth-order valence-corrected chi connectivity index (χ4v) is 3.33. The van der Waals surface area contributed by atoms with Crippen molar-refractivity contribution in [1.29, 1.82) is 0 Å². The van der Waals surface area contributed by atoms with E-state index in [1.54, 1.807) is 12.3 Å². The highest BCUT2D eigenvalue weighted by molar-refractivity contribution is 5.85. The van der Waals surface area contributed by atoms with Crippen LogP contribution in [0.15, 0.2) is 36.8 Å². The second-order valence-electron chi connectivity index (χ2n) is 6.34. The van der Waals surface area contributed by atoms with Crippen LogP contribution in [0.5, 0.6) is 0 Å². The molecule has 1 aliphatic carbocycles. The number of hydrogen-bond donors (Lipinski definition) is 2. The van der Waals surface area contributed by atoms with Gasteiger partial charge in [-0.2, -0.15) is 5.10 Å². The maximum atomic E-state index is 13.6. The van der Waals surface area contributed by atoms with E-state index in [2.05, 4.69) is 25.5 Å². The van der Waals surface area contributed by atoms with Crippen LogP contribution in [0.25, 0.3) is 11.0 Å². The summed E-state index contributed by atoms with van der Waals surface area (Å²) in [7, 11) is 0. The number of nitrogens with one attached hydrogen (secondary N) is 2. The molecule has 0 radical (unpaired) electrons. The van der Waals surface area contributed by atoms with Gasteiger partial charge in [-0.3, -0.25) is 5.10 Å². The minimum absolute atomic E-state index is 0.162. The van der Waals surface area contributed by atoms with Gasteiger partial charge < -0.3 is 10.1 Å². The van der Waals surface area contributed by atoms with Crippen molar-refractivity contribution in [2.75, 3.05) is 11.9 Å². The SMILES string of the molecule is Fc1ccccc1CCO[C@H]1CC[C@H](Nc2ncnc3[nH]ncc23)C1. The molecule has 0 bridgehead atoms. The molecule has 2 heterocycles. The number of nitrogens with zero attached hydrogens (tertiary/aromatic N) is 3. The standard InChI is InChI=1S/C18H20FN5O/c19-16-4-2-1-3-12(16)7-8-25-14-6-5-13(9-14)23-17-15-10-22-24-18(15)21-11-20-17/h1-4,10-11,13-14H,5-9H2,(H2,20,21,22,23,24)/t13-,14-/m0/s1. The third kappa shape index (κ3) is 3.61. The highest BCUT2D eigenvalue weighted by Gasteiger charge is 2.26. The van der Waals surface area contributed by atoms with Crippen molar-refractivity contribution in [3.05, 3.63) is 48.2 Å². The molecule has 2 N–H and O–H groups in total. The molecule has 1 aliphatic rings. The van der Waals surface area contributed by atoms with Crippen molar-refractivity contribution >= 4 is 16.9 Å². The first-order valence-electron chi connectivity index (χ1n) is 8.55. The Bertz CT molecular complexity index is 852. The second kappa shape index (κ2) is 7.14. The Labute approximate surface area is 144 Å². The molecule has 2 atom stereocenters. The Kier molecular flexibility index (Phi) is 4.56. The van der Waals surface area contributed by atoms with Gasteiger partial charge in [0, 0.05) is 6.04 Å². The normalized spacial score (nSPS) is 20.2. The van der Waals surface area contributed by atoms with E-state index in [4.69, 9.17) is 4.74 Å². The number of aromatic nitrogens is 4. The zero-order valence-corrected chi connectivity index (χ0v) is 13.8. The van der Waals surface area contributed by atoms with Crippen LogP contribution < -0.4 is 5.32 Å². The molecule has 1 saturated carbocycles. The lowest BCUT2D eigenvalue weighted by Gasteiger charge is -2.15. The molecule has 1 fully saturated rings. The van der Waals surface area contributed by atoms with E-state index < -0.39 is 0 Å². The van der Waals surface area contributed by atoms with E-state index in [1.165, 1.54) is 12.4 Å². The minimum Gasteiger partial charge on any atom is -0.378 e. The van der Waals surface area contributed by atoms with Crippen molar-refractivity contribution < 1.29 is 9.13 Å². The van der Waals surface area contributed by atoms with Crippen LogP contribution in [-0.2, 0) is 11.2 Å². The van der Waals surface area contributed by atoms with Gasteiger partial charge in [0.25, 0.3) is 0 Å². The van der Waals surface area contributed by atoms with Crippen LogP contribution >= 0.6 is 0 Å². The van der Waals surface area contributed by atoms with Crippen molar-refractivity contribution in [3.63, 3.8) is 0 Å². The summed E-state index contributed by atoms with van der Waals surface area (Å²) >= 11 is 0. The number of rotatable bonds is 6. The van der Waals surface area contributed by atoms with Crippen LogP contribution in [-0.4, -0.2) is 38.9 Å². The molecule has 130 valence electrons. The molecule has 6 nitrogen and oxygen atoms in total. The Morgan fingerprint density at radius 1 is 1.24 bits per heavy atom. The zero-order chi connectivity index (χ0) is 17.1. The summed E-state index contributed by atoms with van der Waals surface area (Å²) in [6, 6.07) is 7.17. The predicted molar refractivity (Wildman–Crippen MR) is 92.8 cm³/mol. The number of anilines is 1. The zero-order valence-electron chi connectivity index (χ0n) is 13.8. The Morgan fingerprint density at radius 3 is 3.08 bits per heavy atom. The molecular formula is C18H20FN5O. The highest BCUT2D eigenvalue weighted by Crippen LogP contribution is 2.27. The van der Waals surface area contributed by atoms with E-state index in [9.17, 15) is 4.39 Å². The first kappa shape index (κ1) is 16.0. The first-order valence-corrected chi connectivity index (χ1v) is 8.55. The van der Waals surface area contributed by atoms with Gasteiger partial charge in [0.15, 0.2) is 5.65 Å². The molecular weight excluding hydrogens is 321 g/mol. The lowest BCUT2D eigenvalue weighted by Crippen LogP contribution is -2.19. The largest absolute Gasteiger partial charge is 0.378 e. The van der Waals surface area contributed by atoms with Crippen LogP contribution in [0.1, 0.15) is 24.8 Å². The quantitative estimate of drug-likeness (QED) is 0.721. The van der Waals surface area contributed by atoms with Crippen LogP contribution in [0, 0.1) is 5.82 Å². The molecule has 25 heavy (non-hydrogen) atoms. The van der Waals surface area contributed by atoms with Crippen molar-refractivity contribution in [1.82, 2.24) is 20.2 Å². The summed E-state index contributed by atoms with van der Waals surface area (Å²) in [6.07, 6.45) is 6.99. The molecule has 0 amide bonds. The minimum atomic E-state index is -0.162. The summed E-state index contributed by atoms with van der Waals surface area (Å²) in [5, 5.41) is 11.2. The third-order valence-electron chi connectivity index (χ3n) is 4.66. The Hall–Kier alpha value is -2.54. The van der Waals surface area contributed by atoms with Gasteiger partial charge in [-0.25, -0.2) is 14.4 Å². The molecule has 7 heteroatoms. The van der Waals surface area contributed by atoms with E-state index in [-0.39, 0.29) is 11.9 Å².